The van der Waals surface area contributed by atoms with Gasteiger partial charge in [-0.15, -0.1) is 0 Å². The third-order valence-electron chi connectivity index (χ3n) is 2.97. The first-order chi connectivity index (χ1) is 7.35. The van der Waals surface area contributed by atoms with Gasteiger partial charge in [-0.05, 0) is 56.0 Å². The Bertz CT molecular complexity index is 155. The minimum Gasteiger partial charge on any atom is -0.316 e. The molecule has 1 nitrogen and oxygen atoms in total. The van der Waals surface area contributed by atoms with E-state index in [1.54, 1.807) is 0 Å². The van der Waals surface area contributed by atoms with Crippen molar-refractivity contribution in [3.63, 3.8) is 0 Å². The van der Waals surface area contributed by atoms with Crippen LogP contribution in [0.25, 0.3) is 0 Å². The van der Waals surface area contributed by atoms with Gasteiger partial charge in [-0.3, -0.25) is 0 Å². The molecule has 0 spiro atoms. The Morgan fingerprint density at radius 2 is 1.75 bits per heavy atom. The highest BCUT2D eigenvalue weighted by Gasteiger charge is 2.16. The maximum absolute atomic E-state index is 3.58. The molecule has 1 N–H and O–H groups in total. The van der Waals surface area contributed by atoms with Crippen LogP contribution in [-0.2, 0) is 0 Å². The molecule has 0 saturated heterocycles. The van der Waals surface area contributed by atoms with E-state index in [2.05, 4.69) is 46.9 Å². The van der Waals surface area contributed by atoms with Crippen molar-refractivity contribution in [3.8, 4) is 0 Å². The molecule has 1 atom stereocenters. The molecular weight excluding hydrogens is 194 g/mol. The van der Waals surface area contributed by atoms with E-state index in [1.807, 2.05) is 0 Å². The van der Waals surface area contributed by atoms with Crippen LogP contribution in [0.3, 0.4) is 0 Å². The van der Waals surface area contributed by atoms with Crippen LogP contribution in [0.1, 0.15) is 67.2 Å². The normalized spacial score (nSPS) is 14.4. The average Bonchev–Trinajstić information content (AvgIpc) is 2.12. The van der Waals surface area contributed by atoms with Crippen molar-refractivity contribution in [3.05, 3.63) is 0 Å². The molecule has 0 saturated carbocycles. The van der Waals surface area contributed by atoms with Gasteiger partial charge in [-0.2, -0.15) is 0 Å². The van der Waals surface area contributed by atoms with Crippen molar-refractivity contribution in [1.29, 1.82) is 0 Å². The van der Waals surface area contributed by atoms with Crippen molar-refractivity contribution in [1.82, 2.24) is 5.32 Å². The zero-order valence-electron chi connectivity index (χ0n) is 12.4. The molecule has 0 amide bonds. The van der Waals surface area contributed by atoms with E-state index in [9.17, 15) is 0 Å². The summed E-state index contributed by atoms with van der Waals surface area (Å²) in [5.41, 5.74) is 0.486. The van der Waals surface area contributed by atoms with Crippen LogP contribution in [0, 0.1) is 17.3 Å². The van der Waals surface area contributed by atoms with Crippen molar-refractivity contribution in [2.75, 3.05) is 13.1 Å². The monoisotopic (exact) mass is 227 g/mol. The standard InChI is InChI=1S/C15H33N/c1-7-10-16-12-14(11-13(2)3)8-9-15(4,5)6/h13-14,16H,7-12H2,1-6H3. The molecule has 98 valence electrons. The fourth-order valence-electron chi connectivity index (χ4n) is 2.09. The van der Waals surface area contributed by atoms with Gasteiger partial charge in [0.2, 0.25) is 0 Å². The van der Waals surface area contributed by atoms with Crippen LogP contribution < -0.4 is 5.32 Å². The summed E-state index contributed by atoms with van der Waals surface area (Å²) in [7, 11) is 0. The summed E-state index contributed by atoms with van der Waals surface area (Å²) >= 11 is 0. The molecule has 0 fully saturated rings. The number of rotatable bonds is 8. The average molecular weight is 227 g/mol. The summed E-state index contributed by atoms with van der Waals surface area (Å²) in [5, 5.41) is 3.58. The van der Waals surface area contributed by atoms with Crippen molar-refractivity contribution in [2.45, 2.75) is 67.2 Å². The predicted octanol–water partition coefficient (Wildman–Crippen LogP) is 4.47. The van der Waals surface area contributed by atoms with Gasteiger partial charge in [-0.25, -0.2) is 0 Å². The summed E-state index contributed by atoms with van der Waals surface area (Å²) in [6, 6.07) is 0. The second kappa shape index (κ2) is 8.11. The minimum absolute atomic E-state index is 0.486. The Morgan fingerprint density at radius 3 is 2.19 bits per heavy atom. The first-order valence-corrected chi connectivity index (χ1v) is 7.06. The van der Waals surface area contributed by atoms with Gasteiger partial charge in [0.1, 0.15) is 0 Å². The lowest BCUT2D eigenvalue weighted by molar-refractivity contribution is 0.289. The number of hydrogen-bond donors (Lipinski definition) is 1. The number of nitrogens with one attached hydrogen (secondary N) is 1. The van der Waals surface area contributed by atoms with E-state index in [0.717, 1.165) is 11.8 Å². The third-order valence-corrected chi connectivity index (χ3v) is 2.97. The van der Waals surface area contributed by atoms with Crippen LogP contribution in [0.15, 0.2) is 0 Å². The lowest BCUT2D eigenvalue weighted by atomic mass is 9.84. The SMILES string of the molecule is CCCNCC(CCC(C)(C)C)CC(C)C. The van der Waals surface area contributed by atoms with Crippen LogP contribution in [0.2, 0.25) is 0 Å². The zero-order valence-corrected chi connectivity index (χ0v) is 12.4. The quantitative estimate of drug-likeness (QED) is 0.603. The minimum atomic E-state index is 0.486. The van der Waals surface area contributed by atoms with Crippen LogP contribution in [0.4, 0.5) is 0 Å². The summed E-state index contributed by atoms with van der Waals surface area (Å²) < 4.78 is 0. The second-order valence-corrected chi connectivity index (χ2v) is 6.80. The molecule has 0 aromatic rings. The molecule has 0 aliphatic rings. The largest absolute Gasteiger partial charge is 0.316 e. The van der Waals surface area contributed by atoms with E-state index in [0.29, 0.717) is 5.41 Å². The van der Waals surface area contributed by atoms with E-state index >= 15 is 0 Å². The maximum Gasteiger partial charge on any atom is -0.00204 e. The van der Waals surface area contributed by atoms with Crippen molar-refractivity contribution < 1.29 is 0 Å². The topological polar surface area (TPSA) is 12.0 Å². The smallest absolute Gasteiger partial charge is 0.00204 e. The molecule has 0 heterocycles. The van der Waals surface area contributed by atoms with E-state index in [1.165, 1.54) is 38.8 Å². The first-order valence-electron chi connectivity index (χ1n) is 7.06. The van der Waals surface area contributed by atoms with Gasteiger partial charge in [-0.1, -0.05) is 41.5 Å². The summed E-state index contributed by atoms with van der Waals surface area (Å²) in [5.74, 6) is 1.69. The zero-order chi connectivity index (χ0) is 12.6. The van der Waals surface area contributed by atoms with Gasteiger partial charge >= 0.3 is 0 Å². The van der Waals surface area contributed by atoms with Crippen molar-refractivity contribution in [2.24, 2.45) is 17.3 Å². The molecule has 0 aromatic carbocycles. The van der Waals surface area contributed by atoms with Gasteiger partial charge in [0.25, 0.3) is 0 Å². The fraction of sp³-hybridized carbons (Fsp3) is 1.00. The Labute approximate surface area is 103 Å². The second-order valence-electron chi connectivity index (χ2n) is 6.80. The van der Waals surface area contributed by atoms with Crippen LogP contribution in [0.5, 0.6) is 0 Å². The lowest BCUT2D eigenvalue weighted by Crippen LogP contribution is -2.25. The Morgan fingerprint density at radius 1 is 1.12 bits per heavy atom. The van der Waals surface area contributed by atoms with Crippen molar-refractivity contribution >= 4 is 0 Å². The highest BCUT2D eigenvalue weighted by atomic mass is 14.8. The third kappa shape index (κ3) is 10.5. The highest BCUT2D eigenvalue weighted by molar-refractivity contribution is 4.69. The fourth-order valence-corrected chi connectivity index (χ4v) is 2.09. The molecule has 1 unspecified atom stereocenters. The summed E-state index contributed by atoms with van der Waals surface area (Å²) in [6.07, 6.45) is 5.33. The van der Waals surface area contributed by atoms with E-state index in [4.69, 9.17) is 0 Å². The predicted molar refractivity (Wildman–Crippen MR) is 74.8 cm³/mol. The molecule has 0 aliphatic heterocycles. The van der Waals surface area contributed by atoms with Gasteiger partial charge in [0.05, 0.1) is 0 Å². The Hall–Kier alpha value is -0.0400. The lowest BCUT2D eigenvalue weighted by Gasteiger charge is -2.24. The number of hydrogen-bond acceptors (Lipinski definition) is 1. The summed E-state index contributed by atoms with van der Waals surface area (Å²) in [6.45, 7) is 16.3. The molecule has 0 radical (unpaired) electrons. The Kier molecular flexibility index (Phi) is 8.09. The van der Waals surface area contributed by atoms with E-state index < -0.39 is 0 Å². The van der Waals surface area contributed by atoms with Crippen LogP contribution in [-0.4, -0.2) is 13.1 Å². The Balaban J connectivity index is 3.90. The first kappa shape index (κ1) is 16.0. The molecule has 0 aromatic heterocycles. The van der Waals surface area contributed by atoms with Gasteiger partial charge < -0.3 is 5.32 Å². The molecule has 0 rings (SSSR count). The van der Waals surface area contributed by atoms with Crippen LogP contribution >= 0.6 is 0 Å². The van der Waals surface area contributed by atoms with Gasteiger partial charge in [0.15, 0.2) is 0 Å². The highest BCUT2D eigenvalue weighted by Crippen LogP contribution is 2.26. The molecule has 1 heteroatoms. The van der Waals surface area contributed by atoms with E-state index in [-0.39, 0.29) is 0 Å². The summed E-state index contributed by atoms with van der Waals surface area (Å²) in [4.78, 5) is 0. The molecule has 16 heavy (non-hydrogen) atoms. The maximum atomic E-state index is 3.58. The van der Waals surface area contributed by atoms with Gasteiger partial charge in [0, 0.05) is 0 Å². The molecular formula is C15H33N. The molecule has 0 bridgehead atoms. The molecule has 0 aliphatic carbocycles.